The predicted molar refractivity (Wildman–Crippen MR) is 80.8 cm³/mol. The predicted octanol–water partition coefficient (Wildman–Crippen LogP) is 4.07. The molecule has 0 spiro atoms. The van der Waals surface area contributed by atoms with Crippen molar-refractivity contribution < 1.29 is 4.79 Å². The molecule has 102 valence electrons. The second-order valence-electron chi connectivity index (χ2n) is 5.25. The Labute approximate surface area is 116 Å². The maximum Gasteiger partial charge on any atom is 0.165 e. The summed E-state index contributed by atoms with van der Waals surface area (Å²) in [6, 6.07) is 8.11. The zero-order valence-corrected chi connectivity index (χ0v) is 11.8. The molecule has 0 atom stereocenters. The molecular formula is C17H23NO. The quantitative estimate of drug-likeness (QED) is 0.517. The average Bonchev–Trinajstić information content (AvgIpc) is 3.27. The molecule has 2 heteroatoms. The molecule has 19 heavy (non-hydrogen) atoms. The zero-order valence-electron chi connectivity index (χ0n) is 11.8. The van der Waals surface area contributed by atoms with Crippen LogP contribution in [0.25, 0.3) is 0 Å². The van der Waals surface area contributed by atoms with Crippen LogP contribution in [0, 0.1) is 5.92 Å². The number of Topliss-reactive ketones (excluding diaryl/α,β-unsaturated/α-hetero) is 1. The van der Waals surface area contributed by atoms with Crippen molar-refractivity contribution >= 4 is 11.5 Å². The summed E-state index contributed by atoms with van der Waals surface area (Å²) < 4.78 is 0. The van der Waals surface area contributed by atoms with Crippen LogP contribution in [0.15, 0.2) is 36.9 Å². The van der Waals surface area contributed by atoms with Gasteiger partial charge in [0.1, 0.15) is 0 Å². The van der Waals surface area contributed by atoms with Crippen molar-refractivity contribution in [1.29, 1.82) is 0 Å². The van der Waals surface area contributed by atoms with Crippen molar-refractivity contribution in [2.45, 2.75) is 32.6 Å². The van der Waals surface area contributed by atoms with E-state index in [1.807, 2.05) is 18.2 Å². The average molecular weight is 257 g/mol. The summed E-state index contributed by atoms with van der Waals surface area (Å²) >= 11 is 0. The molecule has 2 nitrogen and oxygen atoms in total. The van der Waals surface area contributed by atoms with Gasteiger partial charge in [0.25, 0.3) is 0 Å². The summed E-state index contributed by atoms with van der Waals surface area (Å²) in [5.41, 5.74) is 2.07. The third-order valence-corrected chi connectivity index (χ3v) is 3.56. The molecule has 0 amide bonds. The van der Waals surface area contributed by atoms with Crippen LogP contribution in [0.4, 0.5) is 5.69 Å². The molecule has 0 radical (unpaired) electrons. The fourth-order valence-electron chi connectivity index (χ4n) is 2.30. The van der Waals surface area contributed by atoms with Gasteiger partial charge in [-0.05, 0) is 49.9 Å². The van der Waals surface area contributed by atoms with Gasteiger partial charge >= 0.3 is 0 Å². The number of hydrogen-bond acceptors (Lipinski definition) is 2. The highest BCUT2D eigenvalue weighted by Gasteiger charge is 2.30. The molecule has 2 rings (SSSR count). The summed E-state index contributed by atoms with van der Waals surface area (Å²) in [6.45, 7) is 8.00. The summed E-state index contributed by atoms with van der Waals surface area (Å²) in [6.07, 6.45) is 6.21. The standard InChI is InChI=1S/C17H23NO/c1-3-5-13-18(12-4-2)16-10-8-15(9-11-16)17(19)14-6-7-14/h3,8-11,14H,1,4-7,12-13H2,2H3. The van der Waals surface area contributed by atoms with Crippen molar-refractivity contribution in [3.05, 3.63) is 42.5 Å². The van der Waals surface area contributed by atoms with Crippen molar-refractivity contribution in [3.63, 3.8) is 0 Å². The third kappa shape index (κ3) is 3.69. The van der Waals surface area contributed by atoms with Crippen LogP contribution in [-0.4, -0.2) is 18.9 Å². The van der Waals surface area contributed by atoms with Crippen LogP contribution >= 0.6 is 0 Å². The van der Waals surface area contributed by atoms with Crippen LogP contribution in [0.3, 0.4) is 0 Å². The number of ketones is 1. The topological polar surface area (TPSA) is 20.3 Å². The second kappa shape index (κ2) is 6.55. The summed E-state index contributed by atoms with van der Waals surface area (Å²) in [7, 11) is 0. The van der Waals surface area contributed by atoms with Gasteiger partial charge in [0.2, 0.25) is 0 Å². The number of hydrogen-bond donors (Lipinski definition) is 0. The van der Waals surface area contributed by atoms with Gasteiger partial charge in [0, 0.05) is 30.3 Å². The highest BCUT2D eigenvalue weighted by atomic mass is 16.1. The lowest BCUT2D eigenvalue weighted by atomic mass is 10.1. The SMILES string of the molecule is C=CCCN(CCC)c1ccc(C(=O)C2CC2)cc1. The Morgan fingerprint density at radius 2 is 2.00 bits per heavy atom. The third-order valence-electron chi connectivity index (χ3n) is 3.56. The van der Waals surface area contributed by atoms with Gasteiger partial charge in [-0.2, -0.15) is 0 Å². The number of benzene rings is 1. The van der Waals surface area contributed by atoms with Crippen LogP contribution in [-0.2, 0) is 0 Å². The lowest BCUT2D eigenvalue weighted by Crippen LogP contribution is -2.24. The first-order chi connectivity index (χ1) is 9.26. The molecule has 0 bridgehead atoms. The van der Waals surface area contributed by atoms with Gasteiger partial charge in [-0.3, -0.25) is 4.79 Å². The molecule has 0 N–H and O–H groups in total. The molecule has 1 fully saturated rings. The van der Waals surface area contributed by atoms with Crippen LogP contribution in [0.5, 0.6) is 0 Å². The molecule has 0 saturated heterocycles. The molecule has 0 aromatic heterocycles. The maximum atomic E-state index is 12.0. The Morgan fingerprint density at radius 3 is 2.53 bits per heavy atom. The van der Waals surface area contributed by atoms with Gasteiger partial charge in [-0.15, -0.1) is 6.58 Å². The minimum atomic E-state index is 0.304. The van der Waals surface area contributed by atoms with E-state index in [2.05, 4.69) is 30.5 Å². The summed E-state index contributed by atoms with van der Waals surface area (Å²) in [5, 5.41) is 0. The van der Waals surface area contributed by atoms with E-state index in [-0.39, 0.29) is 0 Å². The summed E-state index contributed by atoms with van der Waals surface area (Å²) in [4.78, 5) is 14.3. The maximum absolute atomic E-state index is 12.0. The first-order valence-electron chi connectivity index (χ1n) is 7.26. The van der Waals surface area contributed by atoms with Crippen LogP contribution < -0.4 is 4.90 Å². The first kappa shape index (κ1) is 13.9. The molecule has 0 heterocycles. The largest absolute Gasteiger partial charge is 0.371 e. The molecule has 0 unspecified atom stereocenters. The van der Waals surface area contributed by atoms with E-state index >= 15 is 0 Å². The van der Waals surface area contributed by atoms with Gasteiger partial charge in [-0.1, -0.05) is 13.0 Å². The van der Waals surface area contributed by atoms with E-state index < -0.39 is 0 Å². The molecule has 1 aromatic rings. The van der Waals surface area contributed by atoms with Gasteiger partial charge in [0.05, 0.1) is 0 Å². The smallest absolute Gasteiger partial charge is 0.165 e. The Balaban J connectivity index is 2.05. The Bertz CT molecular complexity index is 431. The first-order valence-corrected chi connectivity index (χ1v) is 7.26. The molecule has 1 aliphatic carbocycles. The number of anilines is 1. The highest BCUT2D eigenvalue weighted by Crippen LogP contribution is 2.33. The van der Waals surface area contributed by atoms with Crippen LogP contribution in [0.2, 0.25) is 0 Å². The van der Waals surface area contributed by atoms with E-state index in [9.17, 15) is 4.79 Å². The monoisotopic (exact) mass is 257 g/mol. The van der Waals surface area contributed by atoms with Crippen molar-refractivity contribution in [1.82, 2.24) is 0 Å². The zero-order chi connectivity index (χ0) is 13.7. The highest BCUT2D eigenvalue weighted by molar-refractivity contribution is 5.99. The number of nitrogens with zero attached hydrogens (tertiary/aromatic N) is 1. The van der Waals surface area contributed by atoms with Crippen molar-refractivity contribution in [2.75, 3.05) is 18.0 Å². The van der Waals surface area contributed by atoms with Gasteiger partial charge < -0.3 is 4.90 Å². The van der Waals surface area contributed by atoms with E-state index in [0.717, 1.165) is 44.3 Å². The molecule has 1 aliphatic rings. The fraction of sp³-hybridized carbons (Fsp3) is 0.471. The summed E-state index contributed by atoms with van der Waals surface area (Å²) in [5.74, 6) is 0.623. The minimum Gasteiger partial charge on any atom is -0.371 e. The lowest BCUT2D eigenvalue weighted by Gasteiger charge is -2.24. The molecular weight excluding hydrogens is 234 g/mol. The van der Waals surface area contributed by atoms with Gasteiger partial charge in [-0.25, -0.2) is 0 Å². The van der Waals surface area contributed by atoms with Crippen molar-refractivity contribution in [2.24, 2.45) is 5.92 Å². The molecule has 0 aliphatic heterocycles. The molecule has 1 aromatic carbocycles. The number of carbonyl (C=O) groups excluding carboxylic acids is 1. The van der Waals surface area contributed by atoms with Gasteiger partial charge in [0.15, 0.2) is 5.78 Å². The van der Waals surface area contributed by atoms with Crippen molar-refractivity contribution in [3.8, 4) is 0 Å². The number of carbonyl (C=O) groups is 1. The molecule has 1 saturated carbocycles. The minimum absolute atomic E-state index is 0.304. The van der Waals surface area contributed by atoms with E-state index in [4.69, 9.17) is 0 Å². The normalized spacial score (nSPS) is 14.2. The Morgan fingerprint density at radius 1 is 1.32 bits per heavy atom. The van der Waals surface area contributed by atoms with Crippen LogP contribution in [0.1, 0.15) is 43.0 Å². The Kier molecular flexibility index (Phi) is 4.78. The van der Waals surface area contributed by atoms with E-state index in [0.29, 0.717) is 11.7 Å². The van der Waals surface area contributed by atoms with E-state index in [1.165, 1.54) is 5.69 Å². The lowest BCUT2D eigenvalue weighted by molar-refractivity contribution is 0.0967. The second-order valence-corrected chi connectivity index (χ2v) is 5.25. The number of rotatable bonds is 8. The van der Waals surface area contributed by atoms with E-state index in [1.54, 1.807) is 0 Å². The fourth-order valence-corrected chi connectivity index (χ4v) is 2.30. The Hall–Kier alpha value is -1.57.